The minimum Gasteiger partial charge on any atom is -0.484 e. The van der Waals surface area contributed by atoms with Gasteiger partial charge in [-0.25, -0.2) is 4.39 Å². The SMILES string of the molecule is O=C(c1ccccc1)c1ccc(OCC(=O)N2CCN(c3ccc(-c4ccc(F)cc4)nn3)CC2)cc1. The zero-order valence-corrected chi connectivity index (χ0v) is 20.1. The first kappa shape index (κ1) is 24.1. The highest BCUT2D eigenvalue weighted by molar-refractivity contribution is 6.09. The fourth-order valence-electron chi connectivity index (χ4n) is 4.15. The van der Waals surface area contributed by atoms with E-state index >= 15 is 0 Å². The van der Waals surface area contributed by atoms with Crippen molar-refractivity contribution in [1.29, 1.82) is 0 Å². The number of ether oxygens (including phenoxy) is 1. The first-order valence-corrected chi connectivity index (χ1v) is 12.0. The molecule has 0 aliphatic carbocycles. The summed E-state index contributed by atoms with van der Waals surface area (Å²) >= 11 is 0. The van der Waals surface area contributed by atoms with Gasteiger partial charge < -0.3 is 14.5 Å². The lowest BCUT2D eigenvalue weighted by Gasteiger charge is -2.35. The maximum atomic E-state index is 13.1. The van der Waals surface area contributed by atoms with E-state index in [1.165, 1.54) is 12.1 Å². The molecule has 1 aliphatic rings. The lowest BCUT2D eigenvalue weighted by Crippen LogP contribution is -2.50. The van der Waals surface area contributed by atoms with E-state index in [0.717, 1.165) is 11.4 Å². The van der Waals surface area contributed by atoms with Gasteiger partial charge in [-0.3, -0.25) is 9.59 Å². The highest BCUT2D eigenvalue weighted by atomic mass is 19.1. The van der Waals surface area contributed by atoms with Gasteiger partial charge in [-0.1, -0.05) is 30.3 Å². The Morgan fingerprint density at radius 3 is 2.08 bits per heavy atom. The molecule has 0 N–H and O–H groups in total. The van der Waals surface area contributed by atoms with E-state index in [2.05, 4.69) is 15.1 Å². The van der Waals surface area contributed by atoms with Crippen LogP contribution in [0.1, 0.15) is 15.9 Å². The van der Waals surface area contributed by atoms with Crippen LogP contribution in [0.25, 0.3) is 11.3 Å². The predicted octanol–water partition coefficient (Wildman–Crippen LogP) is 4.24. The average molecular weight is 497 g/mol. The van der Waals surface area contributed by atoms with Gasteiger partial charge in [0.1, 0.15) is 11.6 Å². The van der Waals surface area contributed by atoms with E-state index < -0.39 is 0 Å². The molecule has 8 heteroatoms. The van der Waals surface area contributed by atoms with Crippen molar-refractivity contribution in [1.82, 2.24) is 15.1 Å². The molecule has 7 nitrogen and oxygen atoms in total. The van der Waals surface area contributed by atoms with Gasteiger partial charge in [0, 0.05) is 42.9 Å². The molecule has 1 aliphatic heterocycles. The molecule has 1 aromatic heterocycles. The molecule has 1 fully saturated rings. The van der Waals surface area contributed by atoms with Crippen molar-refractivity contribution in [3.05, 3.63) is 108 Å². The van der Waals surface area contributed by atoms with Gasteiger partial charge in [0.2, 0.25) is 0 Å². The zero-order valence-electron chi connectivity index (χ0n) is 20.1. The smallest absolute Gasteiger partial charge is 0.260 e. The number of piperazine rings is 1. The third kappa shape index (κ3) is 5.81. The van der Waals surface area contributed by atoms with E-state index in [4.69, 9.17) is 4.74 Å². The van der Waals surface area contributed by atoms with Crippen LogP contribution < -0.4 is 9.64 Å². The van der Waals surface area contributed by atoms with Crippen LogP contribution in [0.3, 0.4) is 0 Å². The molecule has 5 rings (SSSR count). The van der Waals surface area contributed by atoms with Crippen molar-refractivity contribution in [3.63, 3.8) is 0 Å². The summed E-state index contributed by atoms with van der Waals surface area (Å²) in [5, 5.41) is 8.59. The summed E-state index contributed by atoms with van der Waals surface area (Å²) in [4.78, 5) is 29.0. The van der Waals surface area contributed by atoms with Crippen LogP contribution in [0.2, 0.25) is 0 Å². The Hall–Kier alpha value is -4.59. The molecule has 1 amide bonds. The monoisotopic (exact) mass is 496 g/mol. The van der Waals surface area contributed by atoms with Gasteiger partial charge in [-0.15, -0.1) is 10.2 Å². The van der Waals surface area contributed by atoms with E-state index in [-0.39, 0.29) is 24.1 Å². The number of ketones is 1. The maximum Gasteiger partial charge on any atom is 0.260 e. The second-order valence-corrected chi connectivity index (χ2v) is 8.66. The summed E-state index contributed by atoms with van der Waals surface area (Å²) in [6.07, 6.45) is 0. The second-order valence-electron chi connectivity index (χ2n) is 8.66. The number of anilines is 1. The van der Waals surface area contributed by atoms with Crippen LogP contribution in [-0.4, -0.2) is 59.6 Å². The molecule has 186 valence electrons. The van der Waals surface area contributed by atoms with Crippen LogP contribution in [0.4, 0.5) is 10.2 Å². The molecule has 3 aromatic carbocycles. The van der Waals surface area contributed by atoms with Gasteiger partial charge in [0.15, 0.2) is 18.2 Å². The fourth-order valence-corrected chi connectivity index (χ4v) is 4.15. The maximum absolute atomic E-state index is 13.1. The molecule has 0 spiro atoms. The van der Waals surface area contributed by atoms with Crippen molar-refractivity contribution in [2.75, 3.05) is 37.7 Å². The standard InChI is InChI=1S/C29H25FN4O3/c30-24-10-6-21(7-11-24)26-14-15-27(32-31-26)33-16-18-34(19-17-33)28(35)20-37-25-12-8-23(9-13-25)29(36)22-4-2-1-3-5-22/h1-15H,16-20H2. The molecule has 4 aromatic rings. The number of rotatable bonds is 7. The van der Waals surface area contributed by atoms with Gasteiger partial charge in [0.25, 0.3) is 5.91 Å². The first-order chi connectivity index (χ1) is 18.1. The molecule has 2 heterocycles. The summed E-state index contributed by atoms with van der Waals surface area (Å²) in [7, 11) is 0. The zero-order chi connectivity index (χ0) is 25.6. The summed E-state index contributed by atoms with van der Waals surface area (Å²) in [5.41, 5.74) is 2.66. The van der Waals surface area contributed by atoms with Gasteiger partial charge in [-0.2, -0.15) is 0 Å². The van der Waals surface area contributed by atoms with Crippen LogP contribution in [0, 0.1) is 5.82 Å². The normalized spacial score (nSPS) is 13.3. The Morgan fingerprint density at radius 2 is 1.43 bits per heavy atom. The summed E-state index contributed by atoms with van der Waals surface area (Å²) in [5.74, 6) is 0.824. The van der Waals surface area contributed by atoms with Gasteiger partial charge in [-0.05, 0) is 60.7 Å². The number of aromatic nitrogens is 2. The first-order valence-electron chi connectivity index (χ1n) is 12.0. The molecule has 0 atom stereocenters. The minimum atomic E-state index is -0.292. The largest absolute Gasteiger partial charge is 0.484 e. The fraction of sp³-hybridized carbons (Fsp3) is 0.172. The second kappa shape index (κ2) is 11.0. The Morgan fingerprint density at radius 1 is 0.757 bits per heavy atom. The van der Waals surface area contributed by atoms with Gasteiger partial charge in [0.05, 0.1) is 5.69 Å². The Kier molecular flexibility index (Phi) is 7.16. The highest BCUT2D eigenvalue weighted by Crippen LogP contribution is 2.20. The van der Waals surface area contributed by atoms with Crippen molar-refractivity contribution in [2.24, 2.45) is 0 Å². The number of hydrogen-bond acceptors (Lipinski definition) is 6. The third-order valence-corrected chi connectivity index (χ3v) is 6.26. The lowest BCUT2D eigenvalue weighted by molar-refractivity contribution is -0.133. The number of benzene rings is 3. The molecular formula is C29H25FN4O3. The van der Waals surface area contributed by atoms with Crippen LogP contribution in [0.5, 0.6) is 5.75 Å². The van der Waals surface area contributed by atoms with E-state index in [1.54, 1.807) is 53.4 Å². The Bertz CT molecular complexity index is 1350. The number of nitrogens with zero attached hydrogens (tertiary/aromatic N) is 4. The topological polar surface area (TPSA) is 75.6 Å². The van der Waals surface area contributed by atoms with Crippen molar-refractivity contribution < 1.29 is 18.7 Å². The predicted molar refractivity (Wildman–Crippen MR) is 138 cm³/mol. The van der Waals surface area contributed by atoms with Crippen molar-refractivity contribution in [3.8, 4) is 17.0 Å². The highest BCUT2D eigenvalue weighted by Gasteiger charge is 2.22. The number of halogens is 1. The van der Waals surface area contributed by atoms with E-state index in [1.807, 2.05) is 30.3 Å². The van der Waals surface area contributed by atoms with Crippen molar-refractivity contribution in [2.45, 2.75) is 0 Å². The van der Waals surface area contributed by atoms with Crippen molar-refractivity contribution >= 4 is 17.5 Å². The van der Waals surface area contributed by atoms with E-state index in [0.29, 0.717) is 48.7 Å². The number of amides is 1. The summed E-state index contributed by atoms with van der Waals surface area (Å²) in [6.45, 7) is 2.29. The lowest BCUT2D eigenvalue weighted by atomic mass is 10.0. The molecule has 0 unspecified atom stereocenters. The molecule has 0 saturated carbocycles. The van der Waals surface area contributed by atoms with Crippen LogP contribution >= 0.6 is 0 Å². The van der Waals surface area contributed by atoms with Crippen LogP contribution in [-0.2, 0) is 4.79 Å². The number of carbonyl (C=O) groups excluding carboxylic acids is 2. The van der Waals surface area contributed by atoms with Gasteiger partial charge >= 0.3 is 0 Å². The third-order valence-electron chi connectivity index (χ3n) is 6.26. The minimum absolute atomic E-state index is 0.0594. The number of hydrogen-bond donors (Lipinski definition) is 0. The summed E-state index contributed by atoms with van der Waals surface area (Å²) < 4.78 is 18.8. The quantitative estimate of drug-likeness (QED) is 0.356. The summed E-state index contributed by atoms with van der Waals surface area (Å²) in [6, 6.07) is 25.8. The number of carbonyl (C=O) groups is 2. The molecule has 0 bridgehead atoms. The average Bonchev–Trinajstić information content (AvgIpc) is 2.97. The molecule has 1 saturated heterocycles. The molecule has 37 heavy (non-hydrogen) atoms. The molecular weight excluding hydrogens is 471 g/mol. The Balaban J connectivity index is 1.10. The van der Waals surface area contributed by atoms with Crippen LogP contribution in [0.15, 0.2) is 91.0 Å². The van der Waals surface area contributed by atoms with E-state index in [9.17, 15) is 14.0 Å². The Labute approximate surface area is 214 Å². The molecule has 0 radical (unpaired) electrons.